The van der Waals surface area contributed by atoms with Crippen LogP contribution in [-0.2, 0) is 14.3 Å². The number of aliphatic hydroxyl groups is 1. The number of unbranched alkanes of at least 4 members (excludes halogenated alkanes) is 2. The highest BCUT2D eigenvalue weighted by Crippen LogP contribution is 2.24. The Hall–Kier alpha value is -1.14. The Morgan fingerprint density at radius 1 is 1.30 bits per heavy atom. The zero-order valence-electron chi connectivity index (χ0n) is 12.4. The van der Waals surface area contributed by atoms with Crippen molar-refractivity contribution >= 4 is 11.8 Å². The van der Waals surface area contributed by atoms with Crippen molar-refractivity contribution in [3.8, 4) is 0 Å². The van der Waals surface area contributed by atoms with Crippen molar-refractivity contribution in [3.63, 3.8) is 0 Å². The van der Waals surface area contributed by atoms with E-state index < -0.39 is 5.60 Å². The third-order valence-corrected chi connectivity index (χ3v) is 3.71. The zero-order chi connectivity index (χ0) is 15.0. The molecule has 1 aliphatic rings. The Kier molecular flexibility index (Phi) is 6.95. The summed E-state index contributed by atoms with van der Waals surface area (Å²) in [4.78, 5) is 22.3. The lowest BCUT2D eigenvalue weighted by molar-refractivity contribution is -0.123. The minimum Gasteiger partial charge on any atom is -0.385 e. The van der Waals surface area contributed by atoms with Crippen molar-refractivity contribution in [2.45, 2.75) is 57.7 Å². The molecule has 0 aromatic carbocycles. The van der Waals surface area contributed by atoms with Gasteiger partial charge in [0.25, 0.3) is 0 Å². The van der Waals surface area contributed by atoms with Crippen LogP contribution in [0.25, 0.3) is 0 Å². The van der Waals surface area contributed by atoms with Crippen LogP contribution in [0.2, 0.25) is 0 Å². The number of carbonyl (C=O) groups is 2. The maximum atomic E-state index is 11.7. The molecule has 116 valence electrons. The average Bonchev–Trinajstić information content (AvgIpc) is 2.72. The quantitative estimate of drug-likeness (QED) is 0.561. The highest BCUT2D eigenvalue weighted by atomic mass is 16.5. The molecule has 1 heterocycles. The molecule has 6 heteroatoms. The van der Waals surface area contributed by atoms with Crippen LogP contribution in [0.5, 0.6) is 0 Å². The summed E-state index contributed by atoms with van der Waals surface area (Å²) in [5.41, 5.74) is -0.929. The van der Waals surface area contributed by atoms with Gasteiger partial charge in [0.2, 0.25) is 11.8 Å². The molecule has 0 spiro atoms. The SMILES string of the molecule is CC(=O)NCCCCCC(=O)NCC1(O)CCOC1C. The van der Waals surface area contributed by atoms with Crippen LogP contribution in [0, 0.1) is 0 Å². The zero-order valence-corrected chi connectivity index (χ0v) is 12.4. The summed E-state index contributed by atoms with van der Waals surface area (Å²) < 4.78 is 5.31. The van der Waals surface area contributed by atoms with E-state index >= 15 is 0 Å². The average molecular weight is 286 g/mol. The van der Waals surface area contributed by atoms with Gasteiger partial charge in [-0.3, -0.25) is 9.59 Å². The van der Waals surface area contributed by atoms with Gasteiger partial charge >= 0.3 is 0 Å². The maximum absolute atomic E-state index is 11.7. The van der Waals surface area contributed by atoms with E-state index in [1.807, 2.05) is 6.92 Å². The van der Waals surface area contributed by atoms with Crippen molar-refractivity contribution in [2.75, 3.05) is 19.7 Å². The summed E-state index contributed by atoms with van der Waals surface area (Å²) in [7, 11) is 0. The highest BCUT2D eigenvalue weighted by Gasteiger charge is 2.39. The van der Waals surface area contributed by atoms with Gasteiger partial charge in [0.05, 0.1) is 6.10 Å². The van der Waals surface area contributed by atoms with Crippen molar-refractivity contribution in [1.29, 1.82) is 0 Å². The number of carbonyl (C=O) groups excluding carboxylic acids is 2. The van der Waals surface area contributed by atoms with E-state index in [9.17, 15) is 14.7 Å². The van der Waals surface area contributed by atoms with Crippen LogP contribution in [0.4, 0.5) is 0 Å². The van der Waals surface area contributed by atoms with Crippen LogP contribution in [0.3, 0.4) is 0 Å². The molecule has 0 radical (unpaired) electrons. The number of hydrogen-bond donors (Lipinski definition) is 3. The fourth-order valence-electron chi connectivity index (χ4n) is 2.19. The number of ether oxygens (including phenoxy) is 1. The number of rotatable bonds is 8. The molecule has 0 bridgehead atoms. The molecule has 0 aliphatic carbocycles. The van der Waals surface area contributed by atoms with Gasteiger partial charge in [0, 0.05) is 39.5 Å². The summed E-state index contributed by atoms with van der Waals surface area (Å²) in [6, 6.07) is 0. The van der Waals surface area contributed by atoms with Crippen molar-refractivity contribution in [1.82, 2.24) is 10.6 Å². The van der Waals surface area contributed by atoms with E-state index in [1.165, 1.54) is 6.92 Å². The Morgan fingerprint density at radius 3 is 2.65 bits per heavy atom. The predicted molar refractivity (Wildman–Crippen MR) is 75.1 cm³/mol. The minimum atomic E-state index is -0.929. The van der Waals surface area contributed by atoms with Crippen LogP contribution < -0.4 is 10.6 Å². The lowest BCUT2D eigenvalue weighted by Crippen LogP contribution is -2.47. The summed E-state index contributed by atoms with van der Waals surface area (Å²) in [5, 5.41) is 15.7. The molecule has 1 fully saturated rings. The summed E-state index contributed by atoms with van der Waals surface area (Å²) in [6.07, 6.45) is 3.34. The lowest BCUT2D eigenvalue weighted by Gasteiger charge is -2.26. The van der Waals surface area contributed by atoms with E-state index in [1.54, 1.807) is 0 Å². The van der Waals surface area contributed by atoms with Crippen LogP contribution in [-0.4, -0.2) is 48.3 Å². The second-order valence-electron chi connectivity index (χ2n) is 5.44. The lowest BCUT2D eigenvalue weighted by atomic mass is 9.96. The molecule has 0 saturated carbocycles. The molecule has 0 aromatic heterocycles. The number of hydrogen-bond acceptors (Lipinski definition) is 4. The molecular weight excluding hydrogens is 260 g/mol. The summed E-state index contributed by atoms with van der Waals surface area (Å²) >= 11 is 0. The molecule has 1 aliphatic heterocycles. The molecule has 1 saturated heterocycles. The monoisotopic (exact) mass is 286 g/mol. The topological polar surface area (TPSA) is 87.7 Å². The first-order valence-corrected chi connectivity index (χ1v) is 7.29. The predicted octanol–water partition coefficient (Wildman–Crippen LogP) is 0.339. The standard InChI is InChI=1S/C14H26N2O4/c1-11-14(19,7-9-20-11)10-16-13(18)6-4-3-5-8-15-12(2)17/h11,19H,3-10H2,1-2H3,(H,15,17)(H,16,18). The number of amides is 2. The molecule has 6 nitrogen and oxygen atoms in total. The first-order chi connectivity index (χ1) is 9.44. The minimum absolute atomic E-state index is 0.0242. The number of nitrogens with one attached hydrogen (secondary N) is 2. The van der Waals surface area contributed by atoms with E-state index in [2.05, 4.69) is 10.6 Å². The Bertz CT molecular complexity index is 335. The first kappa shape index (κ1) is 16.9. The third-order valence-electron chi connectivity index (χ3n) is 3.71. The summed E-state index contributed by atoms with van der Waals surface area (Å²) in [5.74, 6) is -0.0686. The molecule has 2 amide bonds. The van der Waals surface area contributed by atoms with Gasteiger partial charge in [-0.05, 0) is 19.8 Å². The molecule has 2 atom stereocenters. The molecule has 1 rings (SSSR count). The second kappa shape index (κ2) is 8.21. The smallest absolute Gasteiger partial charge is 0.220 e. The molecule has 0 aromatic rings. The molecule has 2 unspecified atom stereocenters. The Balaban J connectivity index is 2.04. The Morgan fingerprint density at radius 2 is 2.05 bits per heavy atom. The van der Waals surface area contributed by atoms with Gasteiger partial charge in [-0.2, -0.15) is 0 Å². The molecule has 20 heavy (non-hydrogen) atoms. The van der Waals surface area contributed by atoms with E-state index in [0.29, 0.717) is 26.0 Å². The van der Waals surface area contributed by atoms with Gasteiger partial charge < -0.3 is 20.5 Å². The fraction of sp³-hybridized carbons (Fsp3) is 0.857. The van der Waals surface area contributed by atoms with E-state index in [4.69, 9.17) is 4.74 Å². The van der Waals surface area contributed by atoms with Crippen LogP contribution in [0.15, 0.2) is 0 Å². The largest absolute Gasteiger partial charge is 0.385 e. The second-order valence-corrected chi connectivity index (χ2v) is 5.44. The van der Waals surface area contributed by atoms with Gasteiger partial charge in [-0.15, -0.1) is 0 Å². The maximum Gasteiger partial charge on any atom is 0.220 e. The van der Waals surface area contributed by atoms with Crippen molar-refractivity contribution in [2.24, 2.45) is 0 Å². The van der Waals surface area contributed by atoms with Gasteiger partial charge in [-0.25, -0.2) is 0 Å². The van der Waals surface area contributed by atoms with Gasteiger partial charge in [0.1, 0.15) is 5.60 Å². The van der Waals surface area contributed by atoms with Gasteiger partial charge in [0.15, 0.2) is 0 Å². The first-order valence-electron chi connectivity index (χ1n) is 7.29. The normalized spacial score (nSPS) is 25.4. The van der Waals surface area contributed by atoms with E-state index in [0.717, 1.165) is 19.3 Å². The molecular formula is C14H26N2O4. The van der Waals surface area contributed by atoms with Crippen LogP contribution in [0.1, 0.15) is 46.0 Å². The fourth-order valence-corrected chi connectivity index (χ4v) is 2.19. The third kappa shape index (κ3) is 5.88. The van der Waals surface area contributed by atoms with Crippen molar-refractivity contribution < 1.29 is 19.4 Å². The highest BCUT2D eigenvalue weighted by molar-refractivity contribution is 5.75. The van der Waals surface area contributed by atoms with E-state index in [-0.39, 0.29) is 24.5 Å². The van der Waals surface area contributed by atoms with Crippen LogP contribution >= 0.6 is 0 Å². The molecule has 3 N–H and O–H groups in total. The Labute approximate surface area is 120 Å². The van der Waals surface area contributed by atoms with Crippen molar-refractivity contribution in [3.05, 3.63) is 0 Å². The van der Waals surface area contributed by atoms with Gasteiger partial charge in [-0.1, -0.05) is 6.42 Å². The summed E-state index contributed by atoms with van der Waals surface area (Å²) in [6.45, 7) is 4.76.